The lowest BCUT2D eigenvalue weighted by Crippen LogP contribution is -2.11. The first-order chi connectivity index (χ1) is 9.89. The van der Waals surface area contributed by atoms with Gasteiger partial charge in [0.2, 0.25) is 9.84 Å². The third kappa shape index (κ3) is 3.66. The molecular weight excluding hydrogens is 302 g/mol. The fourth-order valence-corrected chi connectivity index (χ4v) is 2.30. The highest BCUT2D eigenvalue weighted by Gasteiger charge is 2.26. The standard InChI is InChI=1S/C13H12F2N2O3S/c14-13(15)21(19,20)12-5-2-9(3-6-12)16-7-10-1-4-11(18)8-17-10/h1-6,8,13,16,18H,7H2. The maximum atomic E-state index is 12.4. The minimum Gasteiger partial charge on any atom is -0.506 e. The molecule has 1 aromatic heterocycles. The van der Waals surface area contributed by atoms with E-state index >= 15 is 0 Å². The van der Waals surface area contributed by atoms with Crippen LogP contribution in [0.15, 0.2) is 47.5 Å². The summed E-state index contributed by atoms with van der Waals surface area (Å²) in [5.41, 5.74) is 1.23. The Bertz CT molecular complexity index is 701. The van der Waals surface area contributed by atoms with Crippen molar-refractivity contribution in [3.8, 4) is 5.75 Å². The molecule has 2 rings (SSSR count). The first kappa shape index (κ1) is 15.2. The summed E-state index contributed by atoms with van der Waals surface area (Å²) >= 11 is 0. The summed E-state index contributed by atoms with van der Waals surface area (Å²) in [4.78, 5) is 3.54. The number of pyridine rings is 1. The molecule has 0 radical (unpaired) electrons. The highest BCUT2D eigenvalue weighted by Crippen LogP contribution is 2.20. The Morgan fingerprint density at radius 1 is 1.14 bits per heavy atom. The van der Waals surface area contributed by atoms with Crippen LogP contribution in [0.1, 0.15) is 5.69 Å². The molecule has 0 atom stereocenters. The monoisotopic (exact) mass is 314 g/mol. The van der Waals surface area contributed by atoms with Crippen LogP contribution >= 0.6 is 0 Å². The molecular formula is C13H12F2N2O3S. The van der Waals surface area contributed by atoms with Crippen molar-refractivity contribution in [3.05, 3.63) is 48.3 Å². The number of nitrogens with one attached hydrogen (secondary N) is 1. The van der Waals surface area contributed by atoms with Crippen LogP contribution in [0.5, 0.6) is 5.75 Å². The highest BCUT2D eigenvalue weighted by molar-refractivity contribution is 7.91. The molecule has 112 valence electrons. The number of rotatable bonds is 5. The van der Waals surface area contributed by atoms with Crippen molar-refractivity contribution in [2.24, 2.45) is 0 Å². The molecule has 0 bridgehead atoms. The lowest BCUT2D eigenvalue weighted by atomic mass is 10.3. The normalized spacial score (nSPS) is 11.6. The van der Waals surface area contributed by atoms with Crippen molar-refractivity contribution >= 4 is 15.5 Å². The SMILES string of the molecule is O=S(=O)(c1ccc(NCc2ccc(O)cn2)cc1)C(F)F. The fourth-order valence-electron chi connectivity index (χ4n) is 1.58. The van der Waals surface area contributed by atoms with E-state index < -0.39 is 20.5 Å². The summed E-state index contributed by atoms with van der Waals surface area (Å²) in [5.74, 6) is -3.38. The van der Waals surface area contributed by atoms with Gasteiger partial charge in [-0.3, -0.25) is 4.98 Å². The van der Waals surface area contributed by atoms with Crippen molar-refractivity contribution in [1.29, 1.82) is 0 Å². The maximum Gasteiger partial charge on any atom is 0.341 e. The Kier molecular flexibility index (Phi) is 4.37. The quantitative estimate of drug-likeness (QED) is 0.886. The van der Waals surface area contributed by atoms with Crippen LogP contribution in [0.3, 0.4) is 0 Å². The largest absolute Gasteiger partial charge is 0.506 e. The Hall–Kier alpha value is -2.22. The molecule has 1 heterocycles. The number of halogens is 2. The number of sulfone groups is 1. The molecule has 2 aromatic rings. The summed E-state index contributed by atoms with van der Waals surface area (Å²) in [6.07, 6.45) is 1.30. The summed E-state index contributed by atoms with van der Waals surface area (Å²) in [7, 11) is -4.57. The van der Waals surface area contributed by atoms with Gasteiger partial charge < -0.3 is 10.4 Å². The Morgan fingerprint density at radius 3 is 2.33 bits per heavy atom. The number of hydrogen-bond donors (Lipinski definition) is 2. The predicted molar refractivity (Wildman–Crippen MR) is 72.9 cm³/mol. The molecule has 8 heteroatoms. The molecule has 0 saturated heterocycles. The van der Waals surface area contributed by atoms with E-state index in [2.05, 4.69) is 10.3 Å². The van der Waals surface area contributed by atoms with E-state index in [1.54, 1.807) is 6.07 Å². The lowest BCUT2D eigenvalue weighted by Gasteiger charge is -2.07. The van der Waals surface area contributed by atoms with E-state index in [9.17, 15) is 17.2 Å². The number of hydrogen-bond acceptors (Lipinski definition) is 5. The van der Waals surface area contributed by atoms with Gasteiger partial charge >= 0.3 is 5.76 Å². The van der Waals surface area contributed by atoms with E-state index in [-0.39, 0.29) is 5.75 Å². The minimum atomic E-state index is -4.57. The molecule has 0 spiro atoms. The summed E-state index contributed by atoms with van der Waals surface area (Å²) in [6.45, 7) is 0.348. The second-order valence-corrected chi connectivity index (χ2v) is 6.11. The number of aromatic hydroxyl groups is 1. The summed E-state index contributed by atoms with van der Waals surface area (Å²) in [5, 5.41) is 12.1. The third-order valence-corrected chi connectivity index (χ3v) is 4.10. The molecule has 0 amide bonds. The second-order valence-electron chi connectivity index (χ2n) is 4.19. The summed E-state index contributed by atoms with van der Waals surface area (Å²) < 4.78 is 47.2. The molecule has 5 nitrogen and oxygen atoms in total. The van der Waals surface area contributed by atoms with Gasteiger partial charge in [0.1, 0.15) is 5.75 Å². The average molecular weight is 314 g/mol. The van der Waals surface area contributed by atoms with Gasteiger partial charge in [-0.25, -0.2) is 8.42 Å². The van der Waals surface area contributed by atoms with E-state index in [1.165, 1.54) is 24.4 Å². The van der Waals surface area contributed by atoms with Gasteiger partial charge in [0.25, 0.3) is 0 Å². The maximum absolute atomic E-state index is 12.4. The number of benzene rings is 1. The second kappa shape index (κ2) is 6.04. The number of anilines is 1. The van der Waals surface area contributed by atoms with Crippen molar-refractivity contribution in [1.82, 2.24) is 4.98 Å². The van der Waals surface area contributed by atoms with Crippen LogP contribution in [0, 0.1) is 0 Å². The molecule has 0 aliphatic heterocycles. The van der Waals surface area contributed by atoms with E-state index in [4.69, 9.17) is 5.11 Å². The van der Waals surface area contributed by atoms with E-state index in [1.807, 2.05) is 0 Å². The number of alkyl halides is 2. The minimum absolute atomic E-state index is 0.0558. The molecule has 0 aliphatic carbocycles. The average Bonchev–Trinajstić information content (AvgIpc) is 2.47. The molecule has 0 unspecified atom stereocenters. The third-order valence-electron chi connectivity index (χ3n) is 2.70. The zero-order chi connectivity index (χ0) is 15.5. The Balaban J connectivity index is 2.05. The van der Waals surface area contributed by atoms with Crippen LogP contribution < -0.4 is 5.32 Å². The van der Waals surface area contributed by atoms with Crippen molar-refractivity contribution < 1.29 is 22.3 Å². The molecule has 21 heavy (non-hydrogen) atoms. The topological polar surface area (TPSA) is 79.3 Å². The molecule has 1 aromatic carbocycles. The van der Waals surface area contributed by atoms with Crippen LogP contribution in [-0.4, -0.2) is 24.3 Å². The van der Waals surface area contributed by atoms with Gasteiger partial charge in [-0.05, 0) is 36.4 Å². The van der Waals surface area contributed by atoms with Crippen molar-refractivity contribution in [3.63, 3.8) is 0 Å². The van der Waals surface area contributed by atoms with Gasteiger partial charge in [0.05, 0.1) is 23.3 Å². The zero-order valence-electron chi connectivity index (χ0n) is 10.7. The predicted octanol–water partition coefficient (Wildman–Crippen LogP) is 2.40. The van der Waals surface area contributed by atoms with E-state index in [0.717, 1.165) is 12.1 Å². The molecule has 0 aliphatic rings. The zero-order valence-corrected chi connectivity index (χ0v) is 11.5. The Labute approximate surface area is 120 Å². The molecule has 0 saturated carbocycles. The fraction of sp³-hybridized carbons (Fsp3) is 0.154. The van der Waals surface area contributed by atoms with Crippen molar-refractivity contribution in [2.45, 2.75) is 17.2 Å². The highest BCUT2D eigenvalue weighted by atomic mass is 32.2. The number of nitrogens with zero attached hydrogens (tertiary/aromatic N) is 1. The van der Waals surface area contributed by atoms with Gasteiger partial charge in [-0.15, -0.1) is 0 Å². The number of aromatic nitrogens is 1. The van der Waals surface area contributed by atoms with Crippen LogP contribution in [0.2, 0.25) is 0 Å². The van der Waals surface area contributed by atoms with Crippen LogP contribution in [-0.2, 0) is 16.4 Å². The van der Waals surface area contributed by atoms with Gasteiger partial charge in [-0.1, -0.05) is 0 Å². The summed E-state index contributed by atoms with van der Waals surface area (Å²) in [6, 6.07) is 8.15. The van der Waals surface area contributed by atoms with Gasteiger partial charge in [0, 0.05) is 5.69 Å². The first-order valence-electron chi connectivity index (χ1n) is 5.89. The van der Waals surface area contributed by atoms with Gasteiger partial charge in [-0.2, -0.15) is 8.78 Å². The smallest absolute Gasteiger partial charge is 0.341 e. The van der Waals surface area contributed by atoms with Gasteiger partial charge in [0.15, 0.2) is 0 Å². The van der Waals surface area contributed by atoms with Crippen LogP contribution in [0.4, 0.5) is 14.5 Å². The van der Waals surface area contributed by atoms with E-state index in [0.29, 0.717) is 17.9 Å². The lowest BCUT2D eigenvalue weighted by molar-refractivity contribution is 0.234. The Morgan fingerprint density at radius 2 is 1.81 bits per heavy atom. The van der Waals surface area contributed by atoms with Crippen molar-refractivity contribution in [2.75, 3.05) is 5.32 Å². The molecule has 0 fully saturated rings. The van der Waals surface area contributed by atoms with Crippen LogP contribution in [0.25, 0.3) is 0 Å². The first-order valence-corrected chi connectivity index (χ1v) is 7.44. The molecule has 2 N–H and O–H groups in total.